The van der Waals surface area contributed by atoms with Crippen molar-refractivity contribution in [2.75, 3.05) is 9.80 Å². The number of fused-ring (bicyclic) bond motifs is 4. The fourth-order valence-corrected chi connectivity index (χ4v) is 11.7. The molecule has 0 N–H and O–H groups in total. The van der Waals surface area contributed by atoms with Gasteiger partial charge in [-0.05, 0) is 99.6 Å². The van der Waals surface area contributed by atoms with Crippen molar-refractivity contribution in [2.24, 2.45) is 5.92 Å². The Balaban J connectivity index is 0.949. The lowest BCUT2D eigenvalue weighted by Crippen LogP contribution is -2.55. The van der Waals surface area contributed by atoms with Gasteiger partial charge in [-0.25, -0.2) is 0 Å². The first-order valence-corrected chi connectivity index (χ1v) is 24.9. The van der Waals surface area contributed by atoms with E-state index in [2.05, 4.69) is 263 Å². The maximum absolute atomic E-state index is 7.47. The van der Waals surface area contributed by atoms with Crippen LogP contribution in [-0.4, -0.2) is 5.79 Å². The van der Waals surface area contributed by atoms with E-state index in [1.54, 1.807) is 0 Å². The standard InChI is InChI=1S/C66H58N2O2/c1-45-26-27-51-22-15-25-61(57(51)40-45)68(53-34-30-49(31-35-53)47-18-10-7-11-19-47)55-37-39-59-63(42-55)70-66(44-65(59,4)5)43-64(2,3)58-38-36-54(41-62(58)69-66)67(60-24-14-21-50-20-12-13-23-56(50)60)52-32-28-48(29-33-52)46-16-8-6-9-17-46/h6-39,41-42,45H,40,43-44H2,1-5H3. The maximum atomic E-state index is 7.47. The van der Waals surface area contributed by atoms with Gasteiger partial charge in [0.05, 0.1) is 5.69 Å². The number of anilines is 6. The van der Waals surface area contributed by atoms with Gasteiger partial charge in [0, 0.05) is 80.8 Å². The highest BCUT2D eigenvalue weighted by atomic mass is 16.7. The Hall–Kier alpha value is -7.82. The monoisotopic (exact) mass is 910 g/mol. The van der Waals surface area contributed by atoms with Crippen LogP contribution in [0, 0.1) is 5.92 Å². The summed E-state index contributed by atoms with van der Waals surface area (Å²) < 4.78 is 14.9. The largest absolute Gasteiger partial charge is 0.452 e. The van der Waals surface area contributed by atoms with Crippen LogP contribution in [0.25, 0.3) is 39.1 Å². The first-order chi connectivity index (χ1) is 34.0. The number of hydrogen-bond acceptors (Lipinski definition) is 4. The molecular weight excluding hydrogens is 853 g/mol. The van der Waals surface area contributed by atoms with Gasteiger partial charge in [0.2, 0.25) is 0 Å². The van der Waals surface area contributed by atoms with E-state index in [-0.39, 0.29) is 10.8 Å². The van der Waals surface area contributed by atoms with Gasteiger partial charge >= 0.3 is 0 Å². The van der Waals surface area contributed by atoms with Crippen molar-refractivity contribution in [1.82, 2.24) is 0 Å². The summed E-state index contributed by atoms with van der Waals surface area (Å²) in [5, 5.41) is 2.37. The molecule has 1 aliphatic carbocycles. The number of nitrogens with zero attached hydrogens (tertiary/aromatic N) is 2. The van der Waals surface area contributed by atoms with Crippen molar-refractivity contribution >= 4 is 51.0 Å². The Kier molecular flexibility index (Phi) is 10.6. The molecule has 2 aliphatic heterocycles. The Bertz CT molecular complexity index is 3420. The third-order valence-electron chi connectivity index (χ3n) is 15.0. The highest BCUT2D eigenvalue weighted by Gasteiger charge is 2.53. The molecule has 0 bridgehead atoms. The molecule has 0 amide bonds. The minimum Gasteiger partial charge on any atom is -0.452 e. The molecule has 344 valence electrons. The predicted molar refractivity (Wildman–Crippen MR) is 292 cm³/mol. The highest BCUT2D eigenvalue weighted by Crippen LogP contribution is 2.56. The van der Waals surface area contributed by atoms with Gasteiger partial charge in [-0.1, -0.05) is 192 Å². The third kappa shape index (κ3) is 7.82. The summed E-state index contributed by atoms with van der Waals surface area (Å²) in [6.07, 6.45) is 7.00. The van der Waals surface area contributed by atoms with E-state index in [1.165, 1.54) is 61.0 Å². The molecule has 2 atom stereocenters. The van der Waals surface area contributed by atoms with E-state index in [9.17, 15) is 0 Å². The number of ether oxygens (including phenoxy) is 2. The quantitative estimate of drug-likeness (QED) is 0.152. The van der Waals surface area contributed by atoms with Gasteiger partial charge < -0.3 is 19.3 Å². The molecule has 12 rings (SSSR count). The molecule has 2 unspecified atom stereocenters. The molecule has 9 aromatic carbocycles. The lowest BCUT2D eigenvalue weighted by molar-refractivity contribution is -0.166. The average molecular weight is 911 g/mol. The smallest absolute Gasteiger partial charge is 0.252 e. The van der Waals surface area contributed by atoms with Crippen LogP contribution < -0.4 is 19.3 Å². The molecule has 3 aliphatic rings. The summed E-state index contributed by atoms with van der Waals surface area (Å²) in [5.74, 6) is 1.25. The summed E-state index contributed by atoms with van der Waals surface area (Å²) in [5.41, 5.74) is 15.8. The van der Waals surface area contributed by atoms with Crippen molar-refractivity contribution in [3.05, 3.63) is 235 Å². The highest BCUT2D eigenvalue weighted by molar-refractivity contribution is 5.99. The maximum Gasteiger partial charge on any atom is 0.252 e. The van der Waals surface area contributed by atoms with Crippen LogP contribution in [0.5, 0.6) is 11.5 Å². The third-order valence-corrected chi connectivity index (χ3v) is 15.0. The first-order valence-electron chi connectivity index (χ1n) is 24.9. The van der Waals surface area contributed by atoms with Crippen LogP contribution in [0.1, 0.15) is 69.7 Å². The van der Waals surface area contributed by atoms with Gasteiger partial charge in [-0.2, -0.15) is 0 Å². The van der Waals surface area contributed by atoms with Crippen LogP contribution in [-0.2, 0) is 17.3 Å². The number of rotatable bonds is 8. The molecule has 4 heteroatoms. The number of allylic oxidation sites excluding steroid dienone is 1. The Morgan fingerprint density at radius 2 is 0.900 bits per heavy atom. The van der Waals surface area contributed by atoms with Gasteiger partial charge in [0.1, 0.15) is 11.5 Å². The molecule has 0 saturated carbocycles. The Morgan fingerprint density at radius 1 is 0.443 bits per heavy atom. The van der Waals surface area contributed by atoms with E-state index >= 15 is 0 Å². The normalized spacial score (nSPS) is 18.2. The van der Waals surface area contributed by atoms with Crippen molar-refractivity contribution < 1.29 is 9.47 Å². The molecule has 2 heterocycles. The second-order valence-corrected chi connectivity index (χ2v) is 21.0. The van der Waals surface area contributed by atoms with E-state index in [0.717, 1.165) is 46.4 Å². The van der Waals surface area contributed by atoms with Gasteiger partial charge in [0.15, 0.2) is 0 Å². The number of hydrogen-bond donors (Lipinski definition) is 0. The lowest BCUT2D eigenvalue weighted by atomic mass is 9.69. The molecule has 0 saturated heterocycles. The van der Waals surface area contributed by atoms with Crippen molar-refractivity contribution in [1.29, 1.82) is 0 Å². The van der Waals surface area contributed by atoms with Crippen LogP contribution in [0.2, 0.25) is 0 Å². The summed E-state index contributed by atoms with van der Waals surface area (Å²) in [4.78, 5) is 4.81. The molecule has 1 spiro atoms. The predicted octanol–water partition coefficient (Wildman–Crippen LogP) is 17.8. The fraction of sp³-hybridized carbons (Fsp3) is 0.182. The van der Waals surface area contributed by atoms with E-state index < -0.39 is 5.79 Å². The Morgan fingerprint density at radius 3 is 1.47 bits per heavy atom. The summed E-state index contributed by atoms with van der Waals surface area (Å²) in [6, 6.07) is 74.7. The zero-order valence-electron chi connectivity index (χ0n) is 40.7. The second-order valence-electron chi connectivity index (χ2n) is 21.0. The fourth-order valence-electron chi connectivity index (χ4n) is 11.7. The molecular formula is C66H58N2O2. The SMILES string of the molecule is CC1C=Cc2cccc(N(c3ccc(-c4ccccc4)cc3)c3ccc4c(c3)OC3(CC4(C)C)CC(C)(C)c4ccc(N(c5ccc(-c6ccccc6)cc5)c5cccc6ccccc56)cc4O3)c2C1. The van der Waals surface area contributed by atoms with Gasteiger partial charge in [0.25, 0.3) is 5.79 Å². The van der Waals surface area contributed by atoms with Crippen molar-refractivity contribution in [3.8, 4) is 33.8 Å². The van der Waals surface area contributed by atoms with Crippen LogP contribution >= 0.6 is 0 Å². The molecule has 9 aromatic rings. The molecule has 0 aromatic heterocycles. The first kappa shape index (κ1) is 43.5. The van der Waals surface area contributed by atoms with Crippen LogP contribution in [0.15, 0.2) is 212 Å². The average Bonchev–Trinajstić information content (AvgIpc) is 3.37. The van der Waals surface area contributed by atoms with E-state index in [1.807, 2.05) is 0 Å². The van der Waals surface area contributed by atoms with Gasteiger partial charge in [-0.15, -0.1) is 0 Å². The zero-order chi connectivity index (χ0) is 47.6. The van der Waals surface area contributed by atoms with Crippen LogP contribution in [0.4, 0.5) is 34.1 Å². The summed E-state index contributed by atoms with van der Waals surface area (Å²) >= 11 is 0. The van der Waals surface area contributed by atoms with Crippen molar-refractivity contribution in [3.63, 3.8) is 0 Å². The van der Waals surface area contributed by atoms with Gasteiger partial charge in [-0.3, -0.25) is 0 Å². The molecule has 70 heavy (non-hydrogen) atoms. The number of benzene rings is 9. The molecule has 0 radical (unpaired) electrons. The van der Waals surface area contributed by atoms with Crippen LogP contribution in [0.3, 0.4) is 0 Å². The molecule has 0 fully saturated rings. The zero-order valence-corrected chi connectivity index (χ0v) is 40.7. The second kappa shape index (κ2) is 17.0. The van der Waals surface area contributed by atoms with Crippen molar-refractivity contribution in [2.45, 2.75) is 70.5 Å². The minimum atomic E-state index is -0.917. The minimum absolute atomic E-state index is 0.249. The molecule has 4 nitrogen and oxygen atoms in total. The Labute approximate surface area is 413 Å². The lowest BCUT2D eigenvalue weighted by Gasteiger charge is -2.51. The van der Waals surface area contributed by atoms with E-state index in [4.69, 9.17) is 9.47 Å². The van der Waals surface area contributed by atoms with E-state index in [0.29, 0.717) is 18.8 Å². The topological polar surface area (TPSA) is 24.9 Å². The summed E-state index contributed by atoms with van der Waals surface area (Å²) in [7, 11) is 0. The summed E-state index contributed by atoms with van der Waals surface area (Å²) in [6.45, 7) is 11.7.